The van der Waals surface area contributed by atoms with Crippen LogP contribution in [0.2, 0.25) is 0 Å². The largest absolute Gasteiger partial charge is 0.399 e. The molecule has 0 saturated heterocycles. The van der Waals surface area contributed by atoms with Crippen LogP contribution in [0.25, 0.3) is 0 Å². The third kappa shape index (κ3) is 3.02. The fourth-order valence-electron chi connectivity index (χ4n) is 1.83. The SMILES string of the molecule is CC(C)c1cccc(Nc2c(F)cc(N)cc2F)c1. The van der Waals surface area contributed by atoms with Gasteiger partial charge in [0.05, 0.1) is 0 Å². The lowest BCUT2D eigenvalue weighted by Gasteiger charge is -2.12. The van der Waals surface area contributed by atoms with E-state index in [-0.39, 0.29) is 11.4 Å². The Hall–Kier alpha value is -2.10. The van der Waals surface area contributed by atoms with Crippen molar-refractivity contribution in [1.82, 2.24) is 0 Å². The second kappa shape index (κ2) is 5.26. The topological polar surface area (TPSA) is 38.0 Å². The van der Waals surface area contributed by atoms with E-state index in [1.807, 2.05) is 18.2 Å². The average molecular weight is 262 g/mol. The van der Waals surface area contributed by atoms with Gasteiger partial charge in [0.25, 0.3) is 0 Å². The summed E-state index contributed by atoms with van der Waals surface area (Å²) < 4.78 is 27.3. The molecule has 0 bridgehead atoms. The van der Waals surface area contributed by atoms with Crippen LogP contribution in [0.4, 0.5) is 25.8 Å². The molecule has 19 heavy (non-hydrogen) atoms. The lowest BCUT2D eigenvalue weighted by atomic mass is 10.0. The molecule has 0 spiro atoms. The molecule has 0 unspecified atom stereocenters. The van der Waals surface area contributed by atoms with Gasteiger partial charge in [0.2, 0.25) is 0 Å². The minimum atomic E-state index is -0.701. The van der Waals surface area contributed by atoms with Gasteiger partial charge in [-0.15, -0.1) is 0 Å². The summed E-state index contributed by atoms with van der Waals surface area (Å²) >= 11 is 0. The Balaban J connectivity index is 2.34. The molecule has 100 valence electrons. The van der Waals surface area contributed by atoms with Gasteiger partial charge in [0.1, 0.15) is 5.69 Å². The molecule has 2 aromatic rings. The third-order valence-corrected chi connectivity index (χ3v) is 2.89. The maximum absolute atomic E-state index is 13.7. The number of hydrogen-bond donors (Lipinski definition) is 2. The highest BCUT2D eigenvalue weighted by Crippen LogP contribution is 2.27. The van der Waals surface area contributed by atoms with Crippen molar-refractivity contribution in [2.24, 2.45) is 0 Å². The van der Waals surface area contributed by atoms with E-state index in [0.717, 1.165) is 17.7 Å². The Morgan fingerprint density at radius 3 is 2.26 bits per heavy atom. The van der Waals surface area contributed by atoms with Crippen molar-refractivity contribution >= 4 is 17.1 Å². The number of hydrogen-bond acceptors (Lipinski definition) is 2. The van der Waals surface area contributed by atoms with Gasteiger partial charge in [0.15, 0.2) is 11.6 Å². The van der Waals surface area contributed by atoms with Crippen molar-refractivity contribution in [2.75, 3.05) is 11.1 Å². The van der Waals surface area contributed by atoms with Crippen LogP contribution in [-0.4, -0.2) is 0 Å². The predicted octanol–water partition coefficient (Wildman–Crippen LogP) is 4.41. The number of rotatable bonds is 3. The first-order chi connectivity index (χ1) is 8.97. The van der Waals surface area contributed by atoms with Gasteiger partial charge in [-0.25, -0.2) is 8.78 Å². The Bertz CT molecular complexity index is 571. The zero-order chi connectivity index (χ0) is 14.0. The van der Waals surface area contributed by atoms with E-state index in [2.05, 4.69) is 19.2 Å². The molecular weight excluding hydrogens is 246 g/mol. The molecule has 0 fully saturated rings. The van der Waals surface area contributed by atoms with E-state index < -0.39 is 11.6 Å². The predicted molar refractivity (Wildman–Crippen MR) is 74.6 cm³/mol. The maximum atomic E-state index is 13.7. The van der Waals surface area contributed by atoms with Gasteiger partial charge in [-0.05, 0) is 35.7 Å². The van der Waals surface area contributed by atoms with Crippen LogP contribution in [0.1, 0.15) is 25.3 Å². The van der Waals surface area contributed by atoms with Crippen molar-refractivity contribution in [1.29, 1.82) is 0 Å². The summed E-state index contributed by atoms with van der Waals surface area (Å²) in [5.74, 6) is -1.05. The summed E-state index contributed by atoms with van der Waals surface area (Å²) in [5.41, 5.74) is 7.00. The molecule has 2 nitrogen and oxygen atoms in total. The summed E-state index contributed by atoms with van der Waals surface area (Å²) in [6.07, 6.45) is 0. The first-order valence-corrected chi connectivity index (χ1v) is 6.09. The van der Waals surface area contributed by atoms with E-state index in [0.29, 0.717) is 11.6 Å². The van der Waals surface area contributed by atoms with Crippen molar-refractivity contribution in [3.05, 3.63) is 53.6 Å². The molecule has 2 aromatic carbocycles. The highest BCUT2D eigenvalue weighted by Gasteiger charge is 2.11. The molecule has 0 aliphatic carbocycles. The van der Waals surface area contributed by atoms with Crippen molar-refractivity contribution < 1.29 is 8.78 Å². The number of nitrogens with two attached hydrogens (primary N) is 1. The summed E-state index contributed by atoms with van der Waals surface area (Å²) in [6.45, 7) is 4.12. The minimum absolute atomic E-state index is 0.0662. The molecule has 0 aliphatic rings. The summed E-state index contributed by atoms with van der Waals surface area (Å²) in [4.78, 5) is 0. The number of nitrogens with one attached hydrogen (secondary N) is 1. The first-order valence-electron chi connectivity index (χ1n) is 6.09. The zero-order valence-electron chi connectivity index (χ0n) is 10.9. The van der Waals surface area contributed by atoms with Gasteiger partial charge >= 0.3 is 0 Å². The number of anilines is 3. The molecule has 0 aromatic heterocycles. The highest BCUT2D eigenvalue weighted by atomic mass is 19.1. The normalized spacial score (nSPS) is 10.8. The summed E-state index contributed by atoms with van der Waals surface area (Å²) in [5, 5.41) is 2.76. The maximum Gasteiger partial charge on any atom is 0.151 e. The second-order valence-corrected chi connectivity index (χ2v) is 4.76. The van der Waals surface area contributed by atoms with Crippen LogP contribution >= 0.6 is 0 Å². The molecule has 0 atom stereocenters. The van der Waals surface area contributed by atoms with Gasteiger partial charge in [-0.3, -0.25) is 0 Å². The van der Waals surface area contributed by atoms with Crippen LogP contribution < -0.4 is 11.1 Å². The molecule has 0 radical (unpaired) electrons. The molecule has 2 rings (SSSR count). The smallest absolute Gasteiger partial charge is 0.151 e. The molecule has 0 heterocycles. The zero-order valence-corrected chi connectivity index (χ0v) is 10.9. The lowest BCUT2D eigenvalue weighted by molar-refractivity contribution is 0.592. The number of benzene rings is 2. The first kappa shape index (κ1) is 13.3. The van der Waals surface area contributed by atoms with E-state index in [9.17, 15) is 8.78 Å². The van der Waals surface area contributed by atoms with Crippen molar-refractivity contribution in [3.8, 4) is 0 Å². The standard InChI is InChI=1S/C15H16F2N2/c1-9(2)10-4-3-5-12(6-10)19-15-13(16)7-11(18)8-14(15)17/h3-9,19H,18H2,1-2H3. The van der Waals surface area contributed by atoms with E-state index in [1.54, 1.807) is 6.07 Å². The van der Waals surface area contributed by atoms with Gasteiger partial charge < -0.3 is 11.1 Å². The molecule has 4 heteroatoms. The van der Waals surface area contributed by atoms with Crippen LogP contribution in [0, 0.1) is 11.6 Å². The Labute approximate surface area is 111 Å². The Kier molecular flexibility index (Phi) is 3.69. The highest BCUT2D eigenvalue weighted by molar-refractivity contribution is 5.64. The van der Waals surface area contributed by atoms with Crippen LogP contribution in [0.15, 0.2) is 36.4 Å². The second-order valence-electron chi connectivity index (χ2n) is 4.76. The van der Waals surface area contributed by atoms with Gasteiger partial charge in [-0.2, -0.15) is 0 Å². The third-order valence-electron chi connectivity index (χ3n) is 2.89. The summed E-state index contributed by atoms with van der Waals surface area (Å²) in [7, 11) is 0. The van der Waals surface area contributed by atoms with Crippen LogP contribution in [-0.2, 0) is 0 Å². The number of nitrogen functional groups attached to an aromatic ring is 1. The molecular formula is C15H16F2N2. The van der Waals surface area contributed by atoms with E-state index in [1.165, 1.54) is 0 Å². The molecule has 0 aliphatic heterocycles. The van der Waals surface area contributed by atoms with Crippen LogP contribution in [0.3, 0.4) is 0 Å². The molecule has 0 saturated carbocycles. The summed E-state index contributed by atoms with van der Waals surface area (Å²) in [6, 6.07) is 9.66. The lowest BCUT2D eigenvalue weighted by Crippen LogP contribution is -2.00. The van der Waals surface area contributed by atoms with Gasteiger partial charge in [0, 0.05) is 11.4 Å². The quantitative estimate of drug-likeness (QED) is 0.804. The molecule has 3 N–H and O–H groups in total. The average Bonchev–Trinajstić information content (AvgIpc) is 2.34. The van der Waals surface area contributed by atoms with Crippen molar-refractivity contribution in [2.45, 2.75) is 19.8 Å². The Morgan fingerprint density at radius 2 is 1.68 bits per heavy atom. The van der Waals surface area contributed by atoms with E-state index >= 15 is 0 Å². The number of halogens is 2. The van der Waals surface area contributed by atoms with Crippen LogP contribution in [0.5, 0.6) is 0 Å². The Morgan fingerprint density at radius 1 is 1.05 bits per heavy atom. The molecule has 0 amide bonds. The minimum Gasteiger partial charge on any atom is -0.399 e. The monoisotopic (exact) mass is 262 g/mol. The van der Waals surface area contributed by atoms with Crippen molar-refractivity contribution in [3.63, 3.8) is 0 Å². The fourth-order valence-corrected chi connectivity index (χ4v) is 1.83. The van der Waals surface area contributed by atoms with Gasteiger partial charge in [-0.1, -0.05) is 26.0 Å². The fraction of sp³-hybridized carbons (Fsp3) is 0.200. The van der Waals surface area contributed by atoms with E-state index in [4.69, 9.17) is 5.73 Å².